The number of carboxylic acids is 1. The average molecular weight is 664 g/mol. The van der Waals surface area contributed by atoms with E-state index in [1.165, 1.54) is 11.1 Å². The van der Waals surface area contributed by atoms with Crippen molar-refractivity contribution in [2.75, 3.05) is 6.61 Å². The molecule has 6 aromatic rings. The maximum atomic E-state index is 11.0. The standard InChI is InChI=1S/C37H33N3O5S2/c38-36(45-23-35(41)42)24-17-19-37(20-18-24,25-9-13-27(14-10-25)43-21-33-39-29-5-1-3-7-31(29)46-33)26-11-15-28(16-12-26)44-22-34-40-30-6-2-4-8-32(30)47-34/h1-16,24,38H,17-23H2,(H,41,42). The van der Waals surface area contributed by atoms with E-state index in [0.717, 1.165) is 54.8 Å². The molecule has 2 aromatic heterocycles. The summed E-state index contributed by atoms with van der Waals surface area (Å²) in [6, 6.07) is 32.8. The van der Waals surface area contributed by atoms with Gasteiger partial charge in [0.25, 0.3) is 0 Å². The smallest absolute Gasteiger partial charge is 0.341 e. The Hall–Kier alpha value is -4.80. The molecule has 1 fully saturated rings. The lowest BCUT2D eigenvalue weighted by Crippen LogP contribution is -2.36. The van der Waals surface area contributed by atoms with Crippen molar-refractivity contribution >= 4 is 55.0 Å². The molecule has 0 amide bonds. The second-order valence-electron chi connectivity index (χ2n) is 11.7. The van der Waals surface area contributed by atoms with E-state index in [-0.39, 0.29) is 17.2 Å². The molecular formula is C37H33N3O5S2. The molecule has 0 spiro atoms. The molecule has 2 N–H and O–H groups in total. The van der Waals surface area contributed by atoms with Crippen molar-refractivity contribution < 1.29 is 24.1 Å². The number of aliphatic carboxylic acids is 1. The molecule has 0 radical (unpaired) electrons. The third-order valence-electron chi connectivity index (χ3n) is 8.78. The van der Waals surface area contributed by atoms with Crippen molar-refractivity contribution in [1.82, 2.24) is 9.97 Å². The lowest BCUT2D eigenvalue weighted by Gasteiger charge is -2.41. The molecule has 2 heterocycles. The normalized spacial score (nSPS) is 14.6. The van der Waals surface area contributed by atoms with Crippen LogP contribution in [0, 0.1) is 11.3 Å². The highest BCUT2D eigenvalue weighted by Gasteiger charge is 2.40. The van der Waals surface area contributed by atoms with Gasteiger partial charge in [0.05, 0.1) is 20.4 Å². The van der Waals surface area contributed by atoms with E-state index in [4.69, 9.17) is 24.7 Å². The number of thiazole rings is 2. The molecule has 1 aliphatic rings. The fraction of sp³-hybridized carbons (Fsp3) is 0.243. The third-order valence-corrected chi connectivity index (χ3v) is 10.8. The fourth-order valence-electron chi connectivity index (χ4n) is 6.37. The van der Waals surface area contributed by atoms with E-state index in [2.05, 4.69) is 46.4 Å². The van der Waals surface area contributed by atoms with Gasteiger partial charge in [0.1, 0.15) is 34.7 Å². The number of benzene rings is 4. The summed E-state index contributed by atoms with van der Waals surface area (Å²) in [5, 5.41) is 19.2. The minimum absolute atomic E-state index is 0.0539. The van der Waals surface area contributed by atoms with Crippen LogP contribution < -0.4 is 9.47 Å². The summed E-state index contributed by atoms with van der Waals surface area (Å²) in [5.74, 6) is 0.419. The predicted octanol–water partition coefficient (Wildman–Crippen LogP) is 8.62. The summed E-state index contributed by atoms with van der Waals surface area (Å²) in [4.78, 5) is 20.4. The van der Waals surface area contributed by atoms with Gasteiger partial charge in [0.15, 0.2) is 12.5 Å². The lowest BCUT2D eigenvalue weighted by molar-refractivity contribution is -0.139. The summed E-state index contributed by atoms with van der Waals surface area (Å²) in [6.07, 6.45) is 3.00. The van der Waals surface area contributed by atoms with Crippen LogP contribution in [-0.2, 0) is 28.2 Å². The van der Waals surface area contributed by atoms with E-state index in [9.17, 15) is 4.79 Å². The van der Waals surface area contributed by atoms with Crippen LogP contribution in [0.15, 0.2) is 97.1 Å². The summed E-state index contributed by atoms with van der Waals surface area (Å²) in [5.41, 5.74) is 4.02. The van der Waals surface area contributed by atoms with Gasteiger partial charge in [-0.2, -0.15) is 0 Å². The van der Waals surface area contributed by atoms with E-state index < -0.39 is 12.6 Å². The predicted molar refractivity (Wildman–Crippen MR) is 185 cm³/mol. The molecule has 1 aliphatic carbocycles. The van der Waals surface area contributed by atoms with Crippen molar-refractivity contribution in [2.24, 2.45) is 5.92 Å². The van der Waals surface area contributed by atoms with E-state index in [1.54, 1.807) is 22.7 Å². The second kappa shape index (κ2) is 13.5. The quantitative estimate of drug-likeness (QED) is 0.105. The molecule has 7 rings (SSSR count). The summed E-state index contributed by atoms with van der Waals surface area (Å²) in [7, 11) is 0. The van der Waals surface area contributed by atoms with E-state index in [1.807, 2.05) is 60.7 Å². The van der Waals surface area contributed by atoms with Crippen LogP contribution in [0.2, 0.25) is 0 Å². The number of hydrogen-bond acceptors (Lipinski definition) is 9. The lowest BCUT2D eigenvalue weighted by atomic mass is 9.63. The van der Waals surface area contributed by atoms with Gasteiger partial charge in [0.2, 0.25) is 0 Å². The maximum absolute atomic E-state index is 11.0. The van der Waals surface area contributed by atoms with Crippen molar-refractivity contribution in [3.05, 3.63) is 118 Å². The number of hydrogen-bond donors (Lipinski definition) is 2. The molecule has 0 bridgehead atoms. The molecule has 10 heteroatoms. The largest absolute Gasteiger partial charge is 0.486 e. The van der Waals surface area contributed by atoms with Gasteiger partial charge in [-0.3, -0.25) is 5.41 Å². The monoisotopic (exact) mass is 663 g/mol. The zero-order valence-electron chi connectivity index (χ0n) is 25.6. The Morgan fingerprint density at radius 3 is 1.66 bits per heavy atom. The Labute approximate surface area is 280 Å². The number of carboxylic acid groups (broad SMARTS) is 1. The molecule has 0 saturated heterocycles. The Balaban J connectivity index is 1.08. The Morgan fingerprint density at radius 2 is 1.21 bits per heavy atom. The fourth-order valence-corrected chi connectivity index (χ4v) is 8.13. The van der Waals surface area contributed by atoms with Gasteiger partial charge in [-0.05, 0) is 85.3 Å². The minimum Gasteiger partial charge on any atom is -0.486 e. The maximum Gasteiger partial charge on any atom is 0.341 e. The van der Waals surface area contributed by atoms with Crippen LogP contribution in [0.25, 0.3) is 20.4 Å². The van der Waals surface area contributed by atoms with Gasteiger partial charge in [-0.1, -0.05) is 48.5 Å². The molecule has 0 atom stereocenters. The van der Waals surface area contributed by atoms with E-state index in [0.29, 0.717) is 26.1 Å². The van der Waals surface area contributed by atoms with Crippen LogP contribution in [-0.4, -0.2) is 33.5 Å². The first-order valence-electron chi connectivity index (χ1n) is 15.5. The van der Waals surface area contributed by atoms with Crippen LogP contribution in [0.5, 0.6) is 11.5 Å². The van der Waals surface area contributed by atoms with Crippen molar-refractivity contribution in [3.8, 4) is 11.5 Å². The molecule has 0 aliphatic heterocycles. The van der Waals surface area contributed by atoms with Gasteiger partial charge in [-0.25, -0.2) is 14.8 Å². The number of carbonyl (C=O) groups is 1. The molecule has 4 aromatic carbocycles. The highest BCUT2D eigenvalue weighted by atomic mass is 32.1. The number of rotatable bonds is 11. The van der Waals surface area contributed by atoms with E-state index >= 15 is 0 Å². The molecule has 1 saturated carbocycles. The molecule has 8 nitrogen and oxygen atoms in total. The Morgan fingerprint density at radius 1 is 0.745 bits per heavy atom. The first-order chi connectivity index (χ1) is 22.9. The number of fused-ring (bicyclic) bond motifs is 2. The highest BCUT2D eigenvalue weighted by molar-refractivity contribution is 7.18. The minimum atomic E-state index is -1.07. The zero-order valence-corrected chi connectivity index (χ0v) is 27.2. The molecule has 0 unspecified atom stereocenters. The molecular weight excluding hydrogens is 631 g/mol. The van der Waals surface area contributed by atoms with Crippen molar-refractivity contribution in [1.29, 1.82) is 5.41 Å². The average Bonchev–Trinajstić information content (AvgIpc) is 3.73. The number of ether oxygens (including phenoxy) is 3. The summed E-state index contributed by atoms with van der Waals surface area (Å²) < 4.78 is 19.8. The van der Waals surface area contributed by atoms with Crippen LogP contribution in [0.1, 0.15) is 46.8 Å². The number of nitrogens with one attached hydrogen (secondary N) is 1. The van der Waals surface area contributed by atoms with Crippen LogP contribution >= 0.6 is 22.7 Å². The summed E-state index contributed by atoms with van der Waals surface area (Å²) >= 11 is 3.28. The first kappa shape index (κ1) is 30.8. The number of nitrogens with zero attached hydrogens (tertiary/aromatic N) is 2. The van der Waals surface area contributed by atoms with Gasteiger partial charge >= 0.3 is 5.97 Å². The number of para-hydroxylation sites is 2. The van der Waals surface area contributed by atoms with Gasteiger partial charge in [0, 0.05) is 11.3 Å². The van der Waals surface area contributed by atoms with Crippen molar-refractivity contribution in [3.63, 3.8) is 0 Å². The van der Waals surface area contributed by atoms with Crippen LogP contribution in [0.3, 0.4) is 0 Å². The Kier molecular flexibility index (Phi) is 8.86. The van der Waals surface area contributed by atoms with Gasteiger partial charge in [-0.15, -0.1) is 22.7 Å². The highest BCUT2D eigenvalue weighted by Crippen LogP contribution is 2.47. The SMILES string of the molecule is N=C(OCC(=O)O)C1CCC(c2ccc(OCc3nc4ccccc4s3)cc2)(c2ccc(OCc3nc4ccccc4s3)cc2)CC1. The third kappa shape index (κ3) is 6.84. The van der Waals surface area contributed by atoms with Crippen LogP contribution in [0.4, 0.5) is 0 Å². The molecule has 47 heavy (non-hydrogen) atoms. The summed E-state index contributed by atoms with van der Waals surface area (Å²) in [6.45, 7) is 0.322. The number of aromatic nitrogens is 2. The molecule has 238 valence electrons. The topological polar surface area (TPSA) is 115 Å². The second-order valence-corrected chi connectivity index (χ2v) is 13.9. The first-order valence-corrected chi connectivity index (χ1v) is 17.2. The zero-order chi connectivity index (χ0) is 32.2. The van der Waals surface area contributed by atoms with Gasteiger partial charge < -0.3 is 19.3 Å². The van der Waals surface area contributed by atoms with Crippen molar-refractivity contribution in [2.45, 2.75) is 44.3 Å². The Bertz CT molecular complexity index is 1820.